The summed E-state index contributed by atoms with van der Waals surface area (Å²) in [6.45, 7) is 18.0. The summed E-state index contributed by atoms with van der Waals surface area (Å²) < 4.78 is 13.0. The average molecular weight is 425 g/mol. The lowest BCUT2D eigenvalue weighted by Crippen LogP contribution is -2.40. The molecule has 0 aliphatic rings. The van der Waals surface area contributed by atoms with Crippen molar-refractivity contribution in [3.05, 3.63) is 72.1 Å². The van der Waals surface area contributed by atoms with Crippen molar-refractivity contribution in [2.24, 2.45) is 10.4 Å². The molecule has 0 bridgehead atoms. The van der Waals surface area contributed by atoms with Crippen LogP contribution >= 0.6 is 0 Å². The van der Waals surface area contributed by atoms with E-state index in [9.17, 15) is 9.18 Å². The first kappa shape index (κ1) is 26.3. The van der Waals surface area contributed by atoms with E-state index in [0.29, 0.717) is 5.56 Å². The third-order valence-electron chi connectivity index (χ3n) is 4.48. The van der Waals surface area contributed by atoms with E-state index in [2.05, 4.69) is 37.7 Å². The molecule has 0 unspecified atom stereocenters. The van der Waals surface area contributed by atoms with Crippen LogP contribution in [0.4, 0.5) is 4.39 Å². The number of nitrogens with one attached hydrogen (secondary N) is 1. The third-order valence-corrected chi connectivity index (χ3v) is 4.48. The van der Waals surface area contributed by atoms with Crippen LogP contribution in [-0.2, 0) is 0 Å². The number of aryl methyl sites for hydroxylation is 1. The van der Waals surface area contributed by atoms with Gasteiger partial charge in [0.2, 0.25) is 0 Å². The smallest absolute Gasteiger partial charge is 0.251 e. The Balaban J connectivity index is 0.000000407. The van der Waals surface area contributed by atoms with Crippen molar-refractivity contribution in [3.8, 4) is 11.1 Å². The second-order valence-corrected chi connectivity index (χ2v) is 9.71. The highest BCUT2D eigenvalue weighted by Crippen LogP contribution is 2.23. The summed E-state index contributed by atoms with van der Waals surface area (Å²) in [6, 6.07) is 12.0. The first-order chi connectivity index (χ1) is 14.3. The summed E-state index contributed by atoms with van der Waals surface area (Å²) in [5.74, 6) is -0.369. The minimum atomic E-state index is -0.281. The molecule has 168 valence electrons. The zero-order valence-corrected chi connectivity index (χ0v) is 20.3. The van der Waals surface area contributed by atoms with E-state index in [-0.39, 0.29) is 22.7 Å². The van der Waals surface area contributed by atoms with E-state index in [1.54, 1.807) is 12.1 Å². The predicted molar refractivity (Wildman–Crippen MR) is 131 cm³/mol. The number of halogens is 1. The van der Waals surface area contributed by atoms with E-state index < -0.39 is 0 Å². The van der Waals surface area contributed by atoms with Gasteiger partial charge in [-0.1, -0.05) is 45.0 Å². The summed E-state index contributed by atoms with van der Waals surface area (Å²) in [4.78, 5) is 16.5. The number of nitrogens with zero attached hydrogens (tertiary/aromatic N) is 1. The van der Waals surface area contributed by atoms with Gasteiger partial charge in [0.1, 0.15) is 5.82 Å². The Morgan fingerprint density at radius 2 is 1.61 bits per heavy atom. The van der Waals surface area contributed by atoms with Crippen molar-refractivity contribution in [1.29, 1.82) is 0 Å². The minimum absolute atomic E-state index is 0.102. The number of carbonyl (C=O) groups excluding carboxylic acids is 1. The molecule has 0 saturated carbocycles. The van der Waals surface area contributed by atoms with Gasteiger partial charge in [0.25, 0.3) is 5.91 Å². The van der Waals surface area contributed by atoms with Gasteiger partial charge in [-0.15, -0.1) is 6.58 Å². The Morgan fingerprint density at radius 3 is 2.03 bits per heavy atom. The molecule has 0 aliphatic carbocycles. The normalized spacial score (nSPS) is 12.0. The molecule has 1 N–H and O–H groups in total. The van der Waals surface area contributed by atoms with Gasteiger partial charge in [-0.05, 0) is 68.7 Å². The maximum atomic E-state index is 13.0. The van der Waals surface area contributed by atoms with E-state index in [0.717, 1.165) is 23.1 Å². The van der Waals surface area contributed by atoms with Gasteiger partial charge in [0, 0.05) is 35.7 Å². The molecule has 0 aromatic heterocycles. The van der Waals surface area contributed by atoms with Gasteiger partial charge >= 0.3 is 0 Å². The SMILES string of the molecule is C=CCC(=NC)C(C)(C)C.Cc1cc(C(=O)NC(C)(C)C)cc(-c2ccc(F)cc2)c1. The van der Waals surface area contributed by atoms with Gasteiger partial charge in [0.05, 0.1) is 0 Å². The molecule has 0 heterocycles. The zero-order chi connectivity index (χ0) is 23.8. The molecule has 0 aliphatic heterocycles. The predicted octanol–water partition coefficient (Wildman–Crippen LogP) is 7.01. The number of amides is 1. The Morgan fingerprint density at radius 1 is 1.03 bits per heavy atom. The first-order valence-electron chi connectivity index (χ1n) is 10.5. The van der Waals surface area contributed by atoms with Crippen molar-refractivity contribution >= 4 is 11.6 Å². The molecule has 2 rings (SSSR count). The Labute approximate surface area is 187 Å². The summed E-state index contributed by atoms with van der Waals surface area (Å²) in [5, 5.41) is 2.95. The van der Waals surface area contributed by atoms with Gasteiger partial charge < -0.3 is 5.32 Å². The molecule has 0 spiro atoms. The maximum Gasteiger partial charge on any atom is 0.251 e. The van der Waals surface area contributed by atoms with Crippen molar-refractivity contribution in [3.63, 3.8) is 0 Å². The highest BCUT2D eigenvalue weighted by molar-refractivity contribution is 5.96. The molecular weight excluding hydrogens is 387 g/mol. The fraction of sp³-hybridized carbons (Fsp3) is 0.407. The Bertz CT molecular complexity index is 914. The Kier molecular flexibility index (Phi) is 9.36. The number of aliphatic imine (C=N–C) groups is 1. The molecule has 0 atom stereocenters. The first-order valence-corrected chi connectivity index (χ1v) is 10.5. The van der Waals surface area contributed by atoms with Gasteiger partial charge in [-0.25, -0.2) is 4.39 Å². The molecule has 2 aromatic rings. The molecule has 31 heavy (non-hydrogen) atoms. The van der Waals surface area contributed by atoms with Crippen molar-refractivity contribution in [2.45, 2.75) is 60.4 Å². The molecule has 0 fully saturated rings. The molecule has 1 amide bonds. The van der Waals surface area contributed by atoms with E-state index >= 15 is 0 Å². The second kappa shape index (κ2) is 11.0. The van der Waals surface area contributed by atoms with Crippen molar-refractivity contribution < 1.29 is 9.18 Å². The van der Waals surface area contributed by atoms with E-state index in [4.69, 9.17) is 0 Å². The third kappa shape index (κ3) is 9.29. The summed E-state index contributed by atoms with van der Waals surface area (Å²) in [5.41, 5.74) is 4.54. The number of hydrogen-bond acceptors (Lipinski definition) is 2. The monoisotopic (exact) mass is 424 g/mol. The number of benzene rings is 2. The van der Waals surface area contributed by atoms with Gasteiger partial charge in [-0.3, -0.25) is 9.79 Å². The van der Waals surface area contributed by atoms with Gasteiger partial charge in [0.15, 0.2) is 0 Å². The summed E-state index contributed by atoms with van der Waals surface area (Å²) in [7, 11) is 1.84. The minimum Gasteiger partial charge on any atom is -0.347 e. The van der Waals surface area contributed by atoms with Crippen LogP contribution < -0.4 is 5.32 Å². The number of allylic oxidation sites excluding steroid dienone is 1. The topological polar surface area (TPSA) is 41.5 Å². The fourth-order valence-electron chi connectivity index (χ4n) is 3.01. The largest absolute Gasteiger partial charge is 0.347 e. The lowest BCUT2D eigenvalue weighted by atomic mass is 9.88. The zero-order valence-electron chi connectivity index (χ0n) is 20.3. The quantitative estimate of drug-likeness (QED) is 0.416. The highest BCUT2D eigenvalue weighted by Gasteiger charge is 2.17. The van der Waals surface area contributed by atoms with Crippen LogP contribution in [0.15, 0.2) is 60.1 Å². The van der Waals surface area contributed by atoms with Crippen LogP contribution in [0, 0.1) is 18.2 Å². The maximum absolute atomic E-state index is 13.0. The van der Waals surface area contributed by atoms with Crippen LogP contribution in [-0.4, -0.2) is 24.2 Å². The van der Waals surface area contributed by atoms with E-state index in [1.165, 1.54) is 17.8 Å². The van der Waals surface area contributed by atoms with Crippen LogP contribution in [0.1, 0.15) is 63.9 Å². The molecule has 3 nitrogen and oxygen atoms in total. The second-order valence-electron chi connectivity index (χ2n) is 9.71. The van der Waals surface area contributed by atoms with Crippen molar-refractivity contribution in [2.75, 3.05) is 7.05 Å². The van der Waals surface area contributed by atoms with Crippen LogP contribution in [0.2, 0.25) is 0 Å². The fourth-order valence-corrected chi connectivity index (χ4v) is 3.01. The highest BCUT2D eigenvalue weighted by atomic mass is 19.1. The molecule has 0 saturated heterocycles. The standard InChI is InChI=1S/C18H20FNO.C9H17N/c1-12-9-14(13-5-7-16(19)8-6-13)11-15(10-12)17(21)20-18(2,3)4;1-6-7-8(10-5)9(2,3)4/h5-11H,1-4H3,(H,20,21);6H,1,7H2,2-5H3. The molecular formula is C27H37FN2O. The van der Waals surface area contributed by atoms with Crippen LogP contribution in [0.25, 0.3) is 11.1 Å². The van der Waals surface area contributed by atoms with E-state index in [1.807, 2.05) is 59.0 Å². The van der Waals surface area contributed by atoms with Crippen LogP contribution in [0.3, 0.4) is 0 Å². The van der Waals surface area contributed by atoms with Crippen molar-refractivity contribution in [1.82, 2.24) is 5.32 Å². The Hall–Kier alpha value is -2.75. The average Bonchev–Trinajstić information content (AvgIpc) is 2.64. The van der Waals surface area contributed by atoms with Crippen LogP contribution in [0.5, 0.6) is 0 Å². The lowest BCUT2D eigenvalue weighted by Gasteiger charge is -2.21. The summed E-state index contributed by atoms with van der Waals surface area (Å²) in [6.07, 6.45) is 2.80. The summed E-state index contributed by atoms with van der Waals surface area (Å²) >= 11 is 0. The molecule has 2 aromatic carbocycles. The number of carbonyl (C=O) groups is 1. The molecule has 0 radical (unpaired) electrons. The number of rotatable bonds is 4. The van der Waals surface area contributed by atoms with Gasteiger partial charge in [-0.2, -0.15) is 0 Å². The molecule has 4 heteroatoms. The number of hydrogen-bond donors (Lipinski definition) is 1. The lowest BCUT2D eigenvalue weighted by molar-refractivity contribution is 0.0919.